The Hall–Kier alpha value is -1.15. The first kappa shape index (κ1) is 9.93. The summed E-state index contributed by atoms with van der Waals surface area (Å²) >= 11 is 5.62. The molecule has 0 aromatic heterocycles. The smallest absolute Gasteiger partial charge is 0.0885 e. The molecule has 2 nitrogen and oxygen atoms in total. The molecule has 0 saturated carbocycles. The van der Waals surface area contributed by atoms with Crippen molar-refractivity contribution in [1.82, 2.24) is 0 Å². The fourth-order valence-corrected chi connectivity index (χ4v) is 0.988. The van der Waals surface area contributed by atoms with Gasteiger partial charge in [-0.15, -0.1) is 11.6 Å². The molecule has 1 rings (SSSR count). The molecule has 13 heavy (non-hydrogen) atoms. The molecule has 0 unspecified atom stereocenters. The lowest BCUT2D eigenvalue weighted by Crippen LogP contribution is -1.90. The van der Waals surface area contributed by atoms with E-state index in [0.29, 0.717) is 5.88 Å². The number of hydrogen-bond donors (Lipinski definition) is 0. The van der Waals surface area contributed by atoms with Gasteiger partial charge in [0.15, 0.2) is 0 Å². The van der Waals surface area contributed by atoms with Crippen LogP contribution in [0, 0.1) is 0 Å². The summed E-state index contributed by atoms with van der Waals surface area (Å²) in [6, 6.07) is 7.57. The predicted octanol–water partition coefficient (Wildman–Crippen LogP) is 3.35. The lowest BCUT2D eigenvalue weighted by atomic mass is 10.3. The van der Waals surface area contributed by atoms with Gasteiger partial charge in [0.1, 0.15) is 0 Å². The third-order valence-electron chi connectivity index (χ3n) is 1.56. The molecule has 1 aromatic rings. The first-order valence-electron chi connectivity index (χ1n) is 3.94. The van der Waals surface area contributed by atoms with Gasteiger partial charge < -0.3 is 0 Å². The molecule has 0 bridgehead atoms. The highest BCUT2D eigenvalue weighted by Gasteiger charge is 1.96. The lowest BCUT2D eigenvalue weighted by molar-refractivity contribution is 1.44. The second-order valence-corrected chi connectivity index (χ2v) is 2.89. The number of aliphatic imine (C=N–C) groups is 2. The summed E-state index contributed by atoms with van der Waals surface area (Å²) in [5.41, 5.74) is 2.47. The highest BCUT2D eigenvalue weighted by Crippen LogP contribution is 2.26. The standard InChI is InChI=1S/C10H11ClN2/c1-8(7-11)13-10-6-4-3-5-9(10)12-2/h3-6H,2,7H2,1H3. The van der Waals surface area contributed by atoms with Gasteiger partial charge in [0.2, 0.25) is 0 Å². The Morgan fingerprint density at radius 1 is 1.38 bits per heavy atom. The predicted molar refractivity (Wildman–Crippen MR) is 59.1 cm³/mol. The van der Waals surface area contributed by atoms with E-state index >= 15 is 0 Å². The summed E-state index contributed by atoms with van der Waals surface area (Å²) < 4.78 is 0. The van der Waals surface area contributed by atoms with Crippen LogP contribution in [0.1, 0.15) is 6.92 Å². The fourth-order valence-electron chi connectivity index (χ4n) is 0.928. The maximum Gasteiger partial charge on any atom is 0.0885 e. The molecule has 0 saturated heterocycles. The van der Waals surface area contributed by atoms with E-state index in [9.17, 15) is 0 Å². The second kappa shape index (κ2) is 4.77. The molecule has 0 aliphatic heterocycles. The summed E-state index contributed by atoms with van der Waals surface area (Å²) in [6.45, 7) is 5.35. The topological polar surface area (TPSA) is 24.7 Å². The Kier molecular flexibility index (Phi) is 3.65. The van der Waals surface area contributed by atoms with Crippen molar-refractivity contribution < 1.29 is 0 Å². The van der Waals surface area contributed by atoms with Crippen LogP contribution in [0.3, 0.4) is 0 Å². The molecule has 0 aliphatic rings. The zero-order valence-electron chi connectivity index (χ0n) is 7.50. The highest BCUT2D eigenvalue weighted by molar-refractivity contribution is 6.28. The van der Waals surface area contributed by atoms with Gasteiger partial charge in [0.05, 0.1) is 17.3 Å². The van der Waals surface area contributed by atoms with Gasteiger partial charge in [-0.25, -0.2) is 0 Å². The zero-order valence-corrected chi connectivity index (χ0v) is 8.25. The van der Waals surface area contributed by atoms with Crippen molar-refractivity contribution in [2.75, 3.05) is 5.88 Å². The number of rotatable bonds is 3. The molecular formula is C10H11ClN2. The molecule has 68 valence electrons. The molecular weight excluding hydrogens is 184 g/mol. The van der Waals surface area contributed by atoms with Gasteiger partial charge in [-0.2, -0.15) is 0 Å². The molecule has 0 spiro atoms. The zero-order chi connectivity index (χ0) is 9.68. The third-order valence-corrected chi connectivity index (χ3v) is 1.94. The molecule has 3 heteroatoms. The van der Waals surface area contributed by atoms with Crippen LogP contribution in [0.5, 0.6) is 0 Å². The molecule has 0 radical (unpaired) electrons. The fraction of sp³-hybridized carbons (Fsp3) is 0.200. The van der Waals surface area contributed by atoms with Crippen molar-refractivity contribution in [3.8, 4) is 0 Å². The van der Waals surface area contributed by atoms with Crippen molar-refractivity contribution >= 4 is 35.4 Å². The van der Waals surface area contributed by atoms with Crippen molar-refractivity contribution in [2.45, 2.75) is 6.92 Å². The van der Waals surface area contributed by atoms with Crippen LogP contribution in [-0.4, -0.2) is 18.3 Å². The van der Waals surface area contributed by atoms with Gasteiger partial charge >= 0.3 is 0 Å². The van der Waals surface area contributed by atoms with Crippen molar-refractivity contribution in [3.63, 3.8) is 0 Å². The van der Waals surface area contributed by atoms with Crippen LogP contribution in [0.2, 0.25) is 0 Å². The largest absolute Gasteiger partial charge is 0.262 e. The molecule has 0 heterocycles. The SMILES string of the molecule is C=Nc1ccccc1N=C(C)CCl. The summed E-state index contributed by atoms with van der Waals surface area (Å²) in [6.07, 6.45) is 0. The molecule has 0 N–H and O–H groups in total. The van der Waals surface area contributed by atoms with E-state index in [-0.39, 0.29) is 0 Å². The summed E-state index contributed by atoms with van der Waals surface area (Å²) in [5.74, 6) is 0.436. The van der Waals surface area contributed by atoms with Crippen LogP contribution in [0.4, 0.5) is 11.4 Å². The van der Waals surface area contributed by atoms with Crippen LogP contribution < -0.4 is 0 Å². The highest BCUT2D eigenvalue weighted by atomic mass is 35.5. The minimum atomic E-state index is 0.436. The number of hydrogen-bond acceptors (Lipinski definition) is 2. The van der Waals surface area contributed by atoms with Crippen molar-refractivity contribution in [1.29, 1.82) is 0 Å². The van der Waals surface area contributed by atoms with Crippen LogP contribution in [0.25, 0.3) is 0 Å². The van der Waals surface area contributed by atoms with Crippen molar-refractivity contribution in [3.05, 3.63) is 24.3 Å². The van der Waals surface area contributed by atoms with E-state index in [1.807, 2.05) is 31.2 Å². The van der Waals surface area contributed by atoms with Gasteiger partial charge in [-0.05, 0) is 25.8 Å². The second-order valence-electron chi connectivity index (χ2n) is 2.63. The van der Waals surface area contributed by atoms with Gasteiger partial charge in [-0.1, -0.05) is 12.1 Å². The molecule has 0 aliphatic carbocycles. The van der Waals surface area contributed by atoms with Gasteiger partial charge in [0, 0.05) is 5.71 Å². The number of benzene rings is 1. The first-order valence-corrected chi connectivity index (χ1v) is 4.47. The van der Waals surface area contributed by atoms with E-state index < -0.39 is 0 Å². The summed E-state index contributed by atoms with van der Waals surface area (Å²) in [5, 5.41) is 0. The number of alkyl halides is 1. The number of nitrogens with zero attached hydrogens (tertiary/aromatic N) is 2. The van der Waals surface area contributed by atoms with Crippen LogP contribution in [-0.2, 0) is 0 Å². The summed E-state index contributed by atoms with van der Waals surface area (Å²) in [4.78, 5) is 8.16. The van der Waals surface area contributed by atoms with Gasteiger partial charge in [0.25, 0.3) is 0 Å². The Bertz CT molecular complexity index is 331. The van der Waals surface area contributed by atoms with E-state index in [0.717, 1.165) is 17.1 Å². The Morgan fingerprint density at radius 3 is 2.54 bits per heavy atom. The van der Waals surface area contributed by atoms with E-state index in [4.69, 9.17) is 11.6 Å². The maximum absolute atomic E-state index is 5.62. The Morgan fingerprint density at radius 2 is 2.00 bits per heavy atom. The minimum Gasteiger partial charge on any atom is -0.262 e. The van der Waals surface area contributed by atoms with Crippen molar-refractivity contribution in [2.24, 2.45) is 9.98 Å². The van der Waals surface area contributed by atoms with E-state index in [2.05, 4.69) is 16.7 Å². The number of halogens is 1. The van der Waals surface area contributed by atoms with Gasteiger partial charge in [-0.3, -0.25) is 9.98 Å². The molecule has 1 aromatic carbocycles. The monoisotopic (exact) mass is 194 g/mol. The summed E-state index contributed by atoms with van der Waals surface area (Å²) in [7, 11) is 0. The normalized spacial score (nSPS) is 11.4. The molecule has 0 fully saturated rings. The maximum atomic E-state index is 5.62. The quantitative estimate of drug-likeness (QED) is 0.521. The average Bonchev–Trinajstić information content (AvgIpc) is 2.18. The van der Waals surface area contributed by atoms with E-state index in [1.165, 1.54) is 0 Å². The molecule has 0 atom stereocenters. The van der Waals surface area contributed by atoms with Crippen LogP contribution >= 0.6 is 11.6 Å². The first-order chi connectivity index (χ1) is 6.27. The minimum absolute atomic E-state index is 0.436. The van der Waals surface area contributed by atoms with E-state index in [1.54, 1.807) is 0 Å². The Labute approximate surface area is 83.0 Å². The Balaban J connectivity index is 3.06. The van der Waals surface area contributed by atoms with Crippen LogP contribution in [0.15, 0.2) is 34.3 Å². The third kappa shape index (κ3) is 2.67. The number of para-hydroxylation sites is 2. The molecule has 0 amide bonds. The lowest BCUT2D eigenvalue weighted by Gasteiger charge is -1.99. The average molecular weight is 195 g/mol.